The quantitative estimate of drug-likeness (QED) is 0.0273. The average Bonchev–Trinajstić information content (AvgIpc) is 3.17. The molecule has 0 saturated carbocycles. The Morgan fingerprint density at radius 3 is 1.46 bits per heavy atom. The van der Waals surface area contributed by atoms with Gasteiger partial charge in [-0.1, -0.05) is 161 Å². The summed E-state index contributed by atoms with van der Waals surface area (Å²) < 4.78 is 22.1. The second-order valence-electron chi connectivity index (χ2n) is 15.5. The summed E-state index contributed by atoms with van der Waals surface area (Å²) in [6.45, 7) is 3.42. The predicted molar refractivity (Wildman–Crippen MR) is 215 cm³/mol. The van der Waals surface area contributed by atoms with Crippen LogP contribution in [0.5, 0.6) is 0 Å². The molecule has 318 valence electrons. The van der Waals surface area contributed by atoms with Crippen molar-refractivity contribution in [1.82, 2.24) is 0 Å². The van der Waals surface area contributed by atoms with Crippen molar-refractivity contribution < 1.29 is 49.0 Å². The summed E-state index contributed by atoms with van der Waals surface area (Å²) in [6.07, 6.45) is 29.3. The van der Waals surface area contributed by atoms with E-state index in [2.05, 4.69) is 26.0 Å². The van der Waals surface area contributed by atoms with Gasteiger partial charge in [0.15, 0.2) is 12.4 Å². The molecule has 1 heterocycles. The lowest BCUT2D eigenvalue weighted by Gasteiger charge is -2.39. The van der Waals surface area contributed by atoms with E-state index in [9.17, 15) is 30.0 Å². The number of aliphatic hydroxyl groups excluding tert-OH is 4. The van der Waals surface area contributed by atoms with Gasteiger partial charge in [0.2, 0.25) is 0 Å². The minimum Gasteiger partial charge on any atom is -0.462 e. The standard InChI is InChI=1S/C44H82O10/c1-3-5-7-9-11-13-15-17-18-19-20-21-23-25-27-29-31-33-40(47)53-37(36-52-44-43(50)42(49)41(48)38(34-45)54-44)35-51-39(46)32-30-28-26-24-22-16-14-12-10-8-6-4-2/h13,15,37-38,41-45,48-50H,3-12,14,16-36H2,1-2H3/b15-13+/t37-,38-,41+,42?,43?,44-/m1/s1. The number of aliphatic hydroxyl groups is 4. The van der Waals surface area contributed by atoms with Gasteiger partial charge in [-0.15, -0.1) is 0 Å². The maximum absolute atomic E-state index is 12.8. The van der Waals surface area contributed by atoms with Gasteiger partial charge < -0.3 is 39.4 Å². The van der Waals surface area contributed by atoms with Crippen molar-refractivity contribution in [3.05, 3.63) is 12.2 Å². The molecule has 4 N–H and O–H groups in total. The van der Waals surface area contributed by atoms with E-state index in [4.69, 9.17) is 18.9 Å². The zero-order valence-electron chi connectivity index (χ0n) is 34.5. The minimum atomic E-state index is -1.59. The smallest absolute Gasteiger partial charge is 0.306 e. The number of ether oxygens (including phenoxy) is 4. The first-order valence-corrected chi connectivity index (χ1v) is 22.3. The van der Waals surface area contributed by atoms with Crippen LogP contribution >= 0.6 is 0 Å². The summed E-state index contributed by atoms with van der Waals surface area (Å²) in [6, 6.07) is 0. The molecule has 0 aliphatic carbocycles. The highest BCUT2D eigenvalue weighted by Gasteiger charge is 2.44. The number of rotatable bonds is 37. The van der Waals surface area contributed by atoms with E-state index in [1.165, 1.54) is 128 Å². The van der Waals surface area contributed by atoms with E-state index in [0.29, 0.717) is 6.42 Å². The van der Waals surface area contributed by atoms with Crippen LogP contribution in [0.25, 0.3) is 0 Å². The van der Waals surface area contributed by atoms with Crippen molar-refractivity contribution in [1.29, 1.82) is 0 Å². The lowest BCUT2D eigenvalue weighted by Crippen LogP contribution is -2.59. The molecule has 10 heteroatoms. The number of hydrogen-bond acceptors (Lipinski definition) is 10. The molecule has 0 aromatic rings. The van der Waals surface area contributed by atoms with Crippen molar-refractivity contribution in [3.8, 4) is 0 Å². The average molecular weight is 771 g/mol. The summed E-state index contributed by atoms with van der Waals surface area (Å²) >= 11 is 0. The van der Waals surface area contributed by atoms with Crippen LogP contribution in [0, 0.1) is 0 Å². The highest BCUT2D eigenvalue weighted by atomic mass is 16.7. The van der Waals surface area contributed by atoms with E-state index < -0.39 is 49.4 Å². The number of carbonyl (C=O) groups excluding carboxylic acids is 2. The SMILES string of the molecule is CCCCCC/C=C/CCCCCCCCCCCC(=O)O[C@H](COC(=O)CCCCCCCCCCCCCC)CO[C@@H]1O[C@H](CO)[C@H](O)C(O)C1O. The number of hydrogen-bond donors (Lipinski definition) is 4. The predicted octanol–water partition coefficient (Wildman–Crippen LogP) is 9.17. The first-order chi connectivity index (χ1) is 26.3. The van der Waals surface area contributed by atoms with Crippen molar-refractivity contribution in [2.24, 2.45) is 0 Å². The van der Waals surface area contributed by atoms with E-state index in [1.807, 2.05) is 0 Å². The third-order valence-electron chi connectivity index (χ3n) is 10.4. The van der Waals surface area contributed by atoms with Crippen LogP contribution in [0.15, 0.2) is 12.2 Å². The fraction of sp³-hybridized carbons (Fsp3) is 0.909. The van der Waals surface area contributed by atoms with Gasteiger partial charge in [0.05, 0.1) is 13.2 Å². The molecule has 1 aliphatic rings. The lowest BCUT2D eigenvalue weighted by atomic mass is 9.99. The largest absolute Gasteiger partial charge is 0.462 e. The van der Waals surface area contributed by atoms with E-state index in [1.54, 1.807) is 0 Å². The first kappa shape index (κ1) is 50.5. The Bertz CT molecular complexity index is 897. The van der Waals surface area contributed by atoms with E-state index in [0.717, 1.165) is 38.5 Å². The summed E-state index contributed by atoms with van der Waals surface area (Å²) in [5.41, 5.74) is 0. The van der Waals surface area contributed by atoms with E-state index >= 15 is 0 Å². The zero-order chi connectivity index (χ0) is 39.5. The summed E-state index contributed by atoms with van der Waals surface area (Å²) in [7, 11) is 0. The Morgan fingerprint density at radius 1 is 0.556 bits per heavy atom. The molecule has 0 aromatic carbocycles. The van der Waals surface area contributed by atoms with Crippen LogP contribution in [0.1, 0.15) is 200 Å². The maximum atomic E-state index is 12.8. The van der Waals surface area contributed by atoms with Crippen LogP contribution in [0.4, 0.5) is 0 Å². The summed E-state index contributed by atoms with van der Waals surface area (Å²) in [5.74, 6) is -0.801. The molecule has 0 bridgehead atoms. The molecule has 0 radical (unpaired) electrons. The summed E-state index contributed by atoms with van der Waals surface area (Å²) in [4.78, 5) is 25.3. The Hall–Kier alpha value is -1.56. The van der Waals surface area contributed by atoms with Crippen LogP contribution in [0.2, 0.25) is 0 Å². The Kier molecular flexibility index (Phi) is 33.5. The van der Waals surface area contributed by atoms with Gasteiger partial charge in [0, 0.05) is 12.8 Å². The van der Waals surface area contributed by atoms with E-state index in [-0.39, 0.29) is 32.0 Å². The van der Waals surface area contributed by atoms with Crippen LogP contribution in [-0.4, -0.2) is 89.0 Å². The highest BCUT2D eigenvalue weighted by molar-refractivity contribution is 5.70. The molecule has 0 amide bonds. The number of allylic oxidation sites excluding steroid dienone is 2. The lowest BCUT2D eigenvalue weighted by molar-refractivity contribution is -0.305. The topological polar surface area (TPSA) is 152 Å². The molecule has 0 spiro atoms. The van der Waals surface area contributed by atoms with Gasteiger partial charge in [-0.25, -0.2) is 0 Å². The second kappa shape index (κ2) is 35.8. The zero-order valence-corrected chi connectivity index (χ0v) is 34.5. The second-order valence-corrected chi connectivity index (χ2v) is 15.5. The van der Waals surface area contributed by atoms with Gasteiger partial charge in [0.1, 0.15) is 31.0 Å². The van der Waals surface area contributed by atoms with Gasteiger partial charge in [-0.2, -0.15) is 0 Å². The third kappa shape index (κ3) is 27.1. The molecule has 1 aliphatic heterocycles. The van der Waals surface area contributed by atoms with Gasteiger partial charge in [0.25, 0.3) is 0 Å². The summed E-state index contributed by atoms with van der Waals surface area (Å²) in [5, 5.41) is 40.0. The maximum Gasteiger partial charge on any atom is 0.306 e. The van der Waals surface area contributed by atoms with Crippen LogP contribution < -0.4 is 0 Å². The first-order valence-electron chi connectivity index (χ1n) is 22.3. The van der Waals surface area contributed by atoms with Gasteiger partial charge in [-0.05, 0) is 38.5 Å². The highest BCUT2D eigenvalue weighted by Crippen LogP contribution is 2.23. The molecular weight excluding hydrogens is 688 g/mol. The molecule has 10 nitrogen and oxygen atoms in total. The molecule has 54 heavy (non-hydrogen) atoms. The molecule has 2 unspecified atom stereocenters. The normalized spacial score (nSPS) is 20.7. The van der Waals surface area contributed by atoms with Crippen LogP contribution in [-0.2, 0) is 28.5 Å². The van der Waals surface area contributed by atoms with Crippen molar-refractivity contribution in [2.45, 2.75) is 237 Å². The Labute approximate surface area is 329 Å². The Balaban J connectivity index is 2.32. The third-order valence-corrected chi connectivity index (χ3v) is 10.4. The van der Waals surface area contributed by atoms with Gasteiger partial charge in [-0.3, -0.25) is 9.59 Å². The minimum absolute atomic E-state index is 0.213. The molecule has 1 fully saturated rings. The van der Waals surface area contributed by atoms with Gasteiger partial charge >= 0.3 is 11.9 Å². The number of carbonyl (C=O) groups is 2. The van der Waals surface area contributed by atoms with Crippen molar-refractivity contribution in [2.75, 3.05) is 19.8 Å². The molecule has 6 atom stereocenters. The number of esters is 2. The van der Waals surface area contributed by atoms with Crippen LogP contribution in [0.3, 0.4) is 0 Å². The fourth-order valence-corrected chi connectivity index (χ4v) is 6.83. The fourth-order valence-electron chi connectivity index (χ4n) is 6.83. The molecule has 0 aromatic heterocycles. The molecule has 1 saturated heterocycles. The van der Waals surface area contributed by atoms with Crippen molar-refractivity contribution in [3.63, 3.8) is 0 Å². The van der Waals surface area contributed by atoms with Crippen molar-refractivity contribution >= 4 is 11.9 Å². The Morgan fingerprint density at radius 2 is 0.981 bits per heavy atom. The monoisotopic (exact) mass is 771 g/mol. The number of unbranched alkanes of at least 4 members (excludes halogenated alkanes) is 24. The molecule has 1 rings (SSSR count). The molecular formula is C44H82O10.